The molecule has 92 valence electrons. The summed E-state index contributed by atoms with van der Waals surface area (Å²) in [7, 11) is 0. The van der Waals surface area contributed by atoms with Crippen molar-refractivity contribution in [3.63, 3.8) is 0 Å². The number of ether oxygens (including phenoxy) is 1. The molecule has 17 heavy (non-hydrogen) atoms. The van der Waals surface area contributed by atoms with Crippen molar-refractivity contribution in [2.45, 2.75) is 6.42 Å². The van der Waals surface area contributed by atoms with Crippen molar-refractivity contribution < 1.29 is 4.74 Å². The van der Waals surface area contributed by atoms with Gasteiger partial charge in [0.2, 0.25) is 0 Å². The van der Waals surface area contributed by atoms with Crippen LogP contribution in [-0.2, 0) is 4.74 Å². The molecule has 2 heterocycles. The predicted octanol–water partition coefficient (Wildman–Crippen LogP) is -0.703. The highest BCUT2D eigenvalue weighted by molar-refractivity contribution is 5.41. The summed E-state index contributed by atoms with van der Waals surface area (Å²) < 4.78 is 6.64. The largest absolute Gasteiger partial charge is 0.380 e. The zero-order valence-electron chi connectivity index (χ0n) is 9.41. The highest BCUT2D eigenvalue weighted by Gasteiger charge is 1.99. The average Bonchev–Trinajstić information content (AvgIpc) is 2.81. The molecular formula is C9H15N7O. The van der Waals surface area contributed by atoms with Gasteiger partial charge in [-0.15, -0.1) is 14.8 Å². The summed E-state index contributed by atoms with van der Waals surface area (Å²) in [6, 6.07) is 3.65. The minimum Gasteiger partial charge on any atom is -0.380 e. The third-order valence-electron chi connectivity index (χ3n) is 2.10. The lowest BCUT2D eigenvalue weighted by molar-refractivity contribution is 0.141. The Balaban J connectivity index is 1.75. The van der Waals surface area contributed by atoms with Gasteiger partial charge in [0.25, 0.3) is 0 Å². The molecule has 0 spiro atoms. The molecule has 0 unspecified atom stereocenters. The SMILES string of the molecule is NCCOCCCNc1ccc2nnnn2n1. The zero-order chi connectivity index (χ0) is 11.9. The summed E-state index contributed by atoms with van der Waals surface area (Å²) in [5, 5.41) is 18.3. The normalized spacial score (nSPS) is 10.9. The van der Waals surface area contributed by atoms with E-state index in [-0.39, 0.29) is 0 Å². The number of aromatic nitrogens is 5. The van der Waals surface area contributed by atoms with Crippen LogP contribution in [0.5, 0.6) is 0 Å². The Hall–Kier alpha value is -1.80. The molecular weight excluding hydrogens is 222 g/mol. The summed E-state index contributed by atoms with van der Waals surface area (Å²) in [6.07, 6.45) is 0.898. The van der Waals surface area contributed by atoms with E-state index >= 15 is 0 Å². The van der Waals surface area contributed by atoms with Crippen LogP contribution in [0.3, 0.4) is 0 Å². The van der Waals surface area contributed by atoms with Gasteiger partial charge < -0.3 is 15.8 Å². The van der Waals surface area contributed by atoms with Crippen LogP contribution in [0.4, 0.5) is 5.82 Å². The van der Waals surface area contributed by atoms with Crippen LogP contribution in [0, 0.1) is 0 Å². The fourth-order valence-corrected chi connectivity index (χ4v) is 1.32. The molecule has 0 aliphatic rings. The van der Waals surface area contributed by atoms with Crippen molar-refractivity contribution in [1.29, 1.82) is 0 Å². The van der Waals surface area contributed by atoms with E-state index in [1.54, 1.807) is 6.07 Å². The van der Waals surface area contributed by atoms with Gasteiger partial charge in [0, 0.05) is 19.7 Å². The maximum Gasteiger partial charge on any atom is 0.200 e. The van der Waals surface area contributed by atoms with Crippen molar-refractivity contribution in [1.82, 2.24) is 25.3 Å². The summed E-state index contributed by atoms with van der Waals surface area (Å²) in [6.45, 7) is 2.64. The Kier molecular flexibility index (Phi) is 4.17. The lowest BCUT2D eigenvalue weighted by Crippen LogP contribution is -2.12. The van der Waals surface area contributed by atoms with E-state index in [1.807, 2.05) is 6.07 Å². The van der Waals surface area contributed by atoms with Crippen molar-refractivity contribution in [3.05, 3.63) is 12.1 Å². The Morgan fingerprint density at radius 3 is 3.18 bits per heavy atom. The van der Waals surface area contributed by atoms with E-state index in [0.717, 1.165) is 18.8 Å². The van der Waals surface area contributed by atoms with Gasteiger partial charge in [-0.2, -0.15) is 0 Å². The Morgan fingerprint density at radius 2 is 2.29 bits per heavy atom. The van der Waals surface area contributed by atoms with E-state index in [2.05, 4.69) is 25.9 Å². The highest BCUT2D eigenvalue weighted by Crippen LogP contribution is 2.02. The van der Waals surface area contributed by atoms with Crippen molar-refractivity contribution >= 4 is 11.5 Å². The maximum atomic E-state index is 5.30. The first kappa shape index (κ1) is 11.7. The van der Waals surface area contributed by atoms with Crippen LogP contribution in [0.1, 0.15) is 6.42 Å². The lowest BCUT2D eigenvalue weighted by atomic mass is 10.4. The molecule has 0 aliphatic carbocycles. The van der Waals surface area contributed by atoms with Gasteiger partial charge >= 0.3 is 0 Å². The molecule has 2 aromatic rings. The second-order valence-corrected chi connectivity index (χ2v) is 3.43. The number of fused-ring (bicyclic) bond motifs is 1. The van der Waals surface area contributed by atoms with E-state index in [0.29, 0.717) is 25.4 Å². The van der Waals surface area contributed by atoms with E-state index < -0.39 is 0 Å². The highest BCUT2D eigenvalue weighted by atomic mass is 16.5. The molecule has 0 amide bonds. The molecule has 0 aromatic carbocycles. The molecule has 0 fully saturated rings. The molecule has 2 aromatic heterocycles. The van der Waals surface area contributed by atoms with Crippen LogP contribution in [-0.4, -0.2) is 51.6 Å². The molecule has 8 heteroatoms. The molecule has 0 radical (unpaired) electrons. The number of nitrogens with one attached hydrogen (secondary N) is 1. The minimum atomic E-state index is 0.560. The number of hydrogen-bond donors (Lipinski definition) is 2. The van der Waals surface area contributed by atoms with Crippen molar-refractivity contribution in [2.24, 2.45) is 5.73 Å². The number of anilines is 1. The first-order valence-electron chi connectivity index (χ1n) is 5.47. The van der Waals surface area contributed by atoms with Crippen LogP contribution < -0.4 is 11.1 Å². The molecule has 8 nitrogen and oxygen atoms in total. The van der Waals surface area contributed by atoms with Crippen LogP contribution >= 0.6 is 0 Å². The number of nitrogens with two attached hydrogens (primary N) is 1. The van der Waals surface area contributed by atoms with Crippen LogP contribution in [0.15, 0.2) is 12.1 Å². The smallest absolute Gasteiger partial charge is 0.200 e. The lowest BCUT2D eigenvalue weighted by Gasteiger charge is -2.05. The third-order valence-corrected chi connectivity index (χ3v) is 2.10. The van der Waals surface area contributed by atoms with Gasteiger partial charge in [0.15, 0.2) is 5.65 Å². The van der Waals surface area contributed by atoms with Gasteiger partial charge in [-0.05, 0) is 29.0 Å². The third kappa shape index (κ3) is 3.33. The van der Waals surface area contributed by atoms with Gasteiger partial charge in [-0.3, -0.25) is 0 Å². The van der Waals surface area contributed by atoms with Crippen molar-refractivity contribution in [3.8, 4) is 0 Å². The molecule has 3 N–H and O–H groups in total. The fraction of sp³-hybridized carbons (Fsp3) is 0.556. The van der Waals surface area contributed by atoms with Gasteiger partial charge in [0.1, 0.15) is 5.82 Å². The minimum absolute atomic E-state index is 0.560. The molecule has 0 bridgehead atoms. The quantitative estimate of drug-likeness (QED) is 0.613. The molecule has 0 saturated carbocycles. The number of tetrazole rings is 1. The number of hydrogen-bond acceptors (Lipinski definition) is 7. The van der Waals surface area contributed by atoms with Crippen molar-refractivity contribution in [2.75, 3.05) is 31.6 Å². The summed E-state index contributed by atoms with van der Waals surface area (Å²) in [4.78, 5) is 0. The zero-order valence-corrected chi connectivity index (χ0v) is 9.41. The molecule has 0 saturated heterocycles. The van der Waals surface area contributed by atoms with Gasteiger partial charge in [0.05, 0.1) is 6.61 Å². The van der Waals surface area contributed by atoms with E-state index in [1.165, 1.54) is 4.63 Å². The maximum absolute atomic E-state index is 5.30. The summed E-state index contributed by atoms with van der Waals surface area (Å²) >= 11 is 0. The molecule has 0 atom stereocenters. The van der Waals surface area contributed by atoms with E-state index in [9.17, 15) is 0 Å². The predicted molar refractivity (Wildman–Crippen MR) is 61.6 cm³/mol. The number of rotatable bonds is 7. The monoisotopic (exact) mass is 237 g/mol. The first-order valence-corrected chi connectivity index (χ1v) is 5.47. The Bertz CT molecular complexity index is 457. The van der Waals surface area contributed by atoms with Crippen LogP contribution in [0.25, 0.3) is 5.65 Å². The second kappa shape index (κ2) is 6.06. The molecule has 0 aliphatic heterocycles. The Morgan fingerprint density at radius 1 is 1.35 bits per heavy atom. The van der Waals surface area contributed by atoms with Gasteiger partial charge in [-0.25, -0.2) is 0 Å². The average molecular weight is 237 g/mol. The topological polar surface area (TPSA) is 103 Å². The summed E-state index contributed by atoms with van der Waals surface area (Å²) in [5.41, 5.74) is 5.93. The van der Waals surface area contributed by atoms with E-state index in [4.69, 9.17) is 10.5 Å². The molecule has 2 rings (SSSR count). The Labute approximate surface area is 98.1 Å². The van der Waals surface area contributed by atoms with Gasteiger partial charge in [-0.1, -0.05) is 0 Å². The van der Waals surface area contributed by atoms with Crippen LogP contribution in [0.2, 0.25) is 0 Å². The standard InChI is InChI=1S/C9H15N7O/c10-4-7-17-6-1-5-11-8-2-3-9-12-14-15-16(9)13-8/h2-3H,1,4-7,10H2,(H,11,13). The number of nitrogens with zero attached hydrogens (tertiary/aromatic N) is 5. The fourth-order valence-electron chi connectivity index (χ4n) is 1.32. The second-order valence-electron chi connectivity index (χ2n) is 3.43. The summed E-state index contributed by atoms with van der Waals surface area (Å²) in [5.74, 6) is 0.739. The first-order chi connectivity index (χ1) is 8.40.